The van der Waals surface area contributed by atoms with E-state index in [9.17, 15) is 5.11 Å². The van der Waals surface area contributed by atoms with Gasteiger partial charge in [-0.2, -0.15) is 0 Å². The Morgan fingerprint density at radius 1 is 0.700 bits per heavy atom. The van der Waals surface area contributed by atoms with Crippen molar-refractivity contribution in [3.63, 3.8) is 0 Å². The average Bonchev–Trinajstić information content (AvgIpc) is 2.83. The second kappa shape index (κ2) is 7.45. The predicted molar refractivity (Wildman–Crippen MR) is 130 cm³/mol. The van der Waals surface area contributed by atoms with Crippen LogP contribution in [0.2, 0.25) is 0 Å². The highest BCUT2D eigenvalue weighted by atomic mass is 16.3. The molecule has 2 aromatic carbocycles. The van der Waals surface area contributed by atoms with E-state index < -0.39 is 0 Å². The Kier molecular flexibility index (Phi) is 5.56. The highest BCUT2D eigenvalue weighted by Crippen LogP contribution is 2.49. The van der Waals surface area contributed by atoms with Gasteiger partial charge in [-0.25, -0.2) is 0 Å². The first-order chi connectivity index (χ1) is 13.7. The van der Waals surface area contributed by atoms with Gasteiger partial charge in [-0.1, -0.05) is 83.0 Å². The van der Waals surface area contributed by atoms with Gasteiger partial charge in [-0.05, 0) is 72.4 Å². The fourth-order valence-corrected chi connectivity index (χ4v) is 4.65. The Hall–Kier alpha value is -2.28. The molecule has 0 atom stereocenters. The van der Waals surface area contributed by atoms with Gasteiger partial charge in [-0.3, -0.25) is 0 Å². The summed E-state index contributed by atoms with van der Waals surface area (Å²) < 4.78 is 0. The van der Waals surface area contributed by atoms with Gasteiger partial charge in [0.15, 0.2) is 0 Å². The Morgan fingerprint density at radius 3 is 1.73 bits per heavy atom. The fourth-order valence-electron chi connectivity index (χ4n) is 4.65. The third-order valence-electron chi connectivity index (χ3n) is 6.96. The molecule has 0 aromatic heterocycles. The molecule has 1 heteroatoms. The molecule has 0 saturated carbocycles. The maximum absolute atomic E-state index is 11.4. The Morgan fingerprint density at radius 2 is 1.23 bits per heavy atom. The molecule has 0 bridgehead atoms. The van der Waals surface area contributed by atoms with Crippen molar-refractivity contribution >= 4 is 0 Å². The minimum Gasteiger partial charge on any atom is -0.507 e. The minimum absolute atomic E-state index is 0.00354. The molecule has 0 amide bonds. The quantitative estimate of drug-likeness (QED) is 0.534. The molecule has 3 rings (SSSR count). The SMILES string of the molecule is CC1=C(C)C(c2ccccc2-c2cc(C(C)(C)C)cc(C(C)(C)C)c2O)C(C)=C1C. The third-order valence-corrected chi connectivity index (χ3v) is 6.96. The summed E-state index contributed by atoms with van der Waals surface area (Å²) >= 11 is 0. The molecule has 0 unspecified atom stereocenters. The second-order valence-electron chi connectivity index (χ2n) is 11.1. The van der Waals surface area contributed by atoms with E-state index in [0.717, 1.165) is 16.7 Å². The lowest BCUT2D eigenvalue weighted by molar-refractivity contribution is 0.446. The monoisotopic (exact) mass is 402 g/mol. The van der Waals surface area contributed by atoms with Gasteiger partial charge in [0.05, 0.1) is 0 Å². The van der Waals surface area contributed by atoms with Gasteiger partial charge in [-0.15, -0.1) is 0 Å². The van der Waals surface area contributed by atoms with Gasteiger partial charge in [0, 0.05) is 17.0 Å². The summed E-state index contributed by atoms with van der Waals surface area (Å²) in [4.78, 5) is 0. The summed E-state index contributed by atoms with van der Waals surface area (Å²) in [6, 6.07) is 13.0. The zero-order chi connectivity index (χ0) is 22.6. The Balaban J connectivity index is 2.34. The molecule has 1 aliphatic carbocycles. The van der Waals surface area contributed by atoms with E-state index in [2.05, 4.69) is 106 Å². The number of phenolic OH excluding ortho intramolecular Hbond substituents is 1. The van der Waals surface area contributed by atoms with E-state index in [-0.39, 0.29) is 16.7 Å². The highest BCUT2D eigenvalue weighted by molar-refractivity contribution is 5.78. The molecule has 160 valence electrons. The van der Waals surface area contributed by atoms with Crippen molar-refractivity contribution < 1.29 is 5.11 Å². The van der Waals surface area contributed by atoms with Gasteiger partial charge in [0.25, 0.3) is 0 Å². The van der Waals surface area contributed by atoms with Crippen LogP contribution < -0.4 is 0 Å². The van der Waals surface area contributed by atoms with Crippen LogP contribution in [0.3, 0.4) is 0 Å². The summed E-state index contributed by atoms with van der Waals surface area (Å²) in [5, 5.41) is 11.4. The lowest BCUT2D eigenvalue weighted by Crippen LogP contribution is -2.17. The van der Waals surface area contributed by atoms with E-state index in [1.165, 1.54) is 33.4 Å². The molecule has 0 radical (unpaired) electrons. The first-order valence-corrected chi connectivity index (χ1v) is 11.1. The number of hydrogen-bond donors (Lipinski definition) is 1. The van der Waals surface area contributed by atoms with Crippen molar-refractivity contribution in [2.75, 3.05) is 0 Å². The minimum atomic E-state index is -0.138. The van der Waals surface area contributed by atoms with Gasteiger partial charge in [0.2, 0.25) is 0 Å². The van der Waals surface area contributed by atoms with E-state index in [1.807, 2.05) is 0 Å². The van der Waals surface area contributed by atoms with Crippen molar-refractivity contribution in [1.29, 1.82) is 0 Å². The van der Waals surface area contributed by atoms with Crippen molar-refractivity contribution in [2.45, 2.75) is 86.0 Å². The lowest BCUT2D eigenvalue weighted by Gasteiger charge is -2.29. The summed E-state index contributed by atoms with van der Waals surface area (Å²) in [5.74, 6) is 0.689. The van der Waals surface area contributed by atoms with E-state index in [4.69, 9.17) is 0 Å². The summed E-state index contributed by atoms with van der Waals surface area (Å²) in [7, 11) is 0. The number of allylic oxidation sites excluding steroid dienone is 4. The smallest absolute Gasteiger partial charge is 0.127 e. The van der Waals surface area contributed by atoms with Crippen LogP contribution in [-0.2, 0) is 10.8 Å². The molecule has 30 heavy (non-hydrogen) atoms. The standard InChI is InChI=1S/C29H38O/c1-17-18(2)20(4)26(19(17)3)23-14-12-11-13-22(23)24-15-21(28(5,6)7)16-25(27(24)30)29(8,9)10/h11-16,26,30H,1-10H3. The highest BCUT2D eigenvalue weighted by Gasteiger charge is 2.30. The van der Waals surface area contributed by atoms with Crippen molar-refractivity contribution in [3.8, 4) is 16.9 Å². The molecule has 0 heterocycles. The summed E-state index contributed by atoms with van der Waals surface area (Å²) in [5.41, 5.74) is 11.1. The van der Waals surface area contributed by atoms with Crippen LogP contribution in [0.4, 0.5) is 0 Å². The summed E-state index contributed by atoms with van der Waals surface area (Å²) in [6.07, 6.45) is 0. The molecular weight excluding hydrogens is 364 g/mol. The zero-order valence-corrected chi connectivity index (χ0v) is 20.5. The molecule has 1 nitrogen and oxygen atoms in total. The van der Waals surface area contributed by atoms with Crippen LogP contribution >= 0.6 is 0 Å². The van der Waals surface area contributed by atoms with Crippen molar-refractivity contribution in [1.82, 2.24) is 0 Å². The van der Waals surface area contributed by atoms with Crippen molar-refractivity contribution in [3.05, 3.63) is 75.4 Å². The van der Waals surface area contributed by atoms with Gasteiger partial charge < -0.3 is 5.11 Å². The zero-order valence-electron chi connectivity index (χ0n) is 20.5. The lowest BCUT2D eigenvalue weighted by atomic mass is 9.76. The van der Waals surface area contributed by atoms with Gasteiger partial charge in [0.1, 0.15) is 5.75 Å². The fraction of sp³-hybridized carbons (Fsp3) is 0.448. The number of aromatic hydroxyl groups is 1. The largest absolute Gasteiger partial charge is 0.507 e. The Labute approximate surface area is 183 Å². The molecule has 0 fully saturated rings. The Bertz CT molecular complexity index is 1020. The van der Waals surface area contributed by atoms with Gasteiger partial charge >= 0.3 is 0 Å². The van der Waals surface area contributed by atoms with Crippen LogP contribution in [-0.4, -0.2) is 5.11 Å². The molecular formula is C29H38O. The number of hydrogen-bond acceptors (Lipinski definition) is 1. The summed E-state index contributed by atoms with van der Waals surface area (Å²) in [6.45, 7) is 22.2. The average molecular weight is 403 g/mol. The van der Waals surface area contributed by atoms with E-state index >= 15 is 0 Å². The molecule has 0 aliphatic heterocycles. The maximum atomic E-state index is 11.4. The molecule has 0 spiro atoms. The van der Waals surface area contributed by atoms with Crippen LogP contribution in [0.5, 0.6) is 5.75 Å². The van der Waals surface area contributed by atoms with Crippen LogP contribution in [0, 0.1) is 0 Å². The van der Waals surface area contributed by atoms with Crippen molar-refractivity contribution in [2.24, 2.45) is 0 Å². The van der Waals surface area contributed by atoms with E-state index in [1.54, 1.807) is 0 Å². The first kappa shape index (κ1) is 22.4. The normalized spacial score (nSPS) is 16.1. The molecule has 1 N–H and O–H groups in total. The van der Waals surface area contributed by atoms with Crippen LogP contribution in [0.1, 0.15) is 91.8 Å². The second-order valence-corrected chi connectivity index (χ2v) is 11.1. The topological polar surface area (TPSA) is 20.2 Å². The molecule has 2 aromatic rings. The van der Waals surface area contributed by atoms with Crippen LogP contribution in [0.25, 0.3) is 11.1 Å². The predicted octanol–water partition coefficient (Wildman–Crippen LogP) is 8.42. The first-order valence-electron chi connectivity index (χ1n) is 11.1. The number of rotatable bonds is 2. The molecule has 0 saturated heterocycles. The number of benzene rings is 2. The van der Waals surface area contributed by atoms with E-state index in [0.29, 0.717) is 5.75 Å². The third kappa shape index (κ3) is 3.75. The van der Waals surface area contributed by atoms with Crippen LogP contribution in [0.15, 0.2) is 58.7 Å². The number of phenols is 1. The molecule has 1 aliphatic rings. The maximum Gasteiger partial charge on any atom is 0.127 e.